The van der Waals surface area contributed by atoms with Gasteiger partial charge in [0.25, 0.3) is 0 Å². The Bertz CT molecular complexity index is 1060. The number of thiophene rings is 1. The Hall–Kier alpha value is -2.50. The van der Waals surface area contributed by atoms with Gasteiger partial charge in [0.1, 0.15) is 0 Å². The molecule has 0 radical (unpaired) electrons. The maximum Gasteiger partial charge on any atom is 0.0926 e. The van der Waals surface area contributed by atoms with Gasteiger partial charge in [-0.1, -0.05) is 18.2 Å². The molecule has 0 fully saturated rings. The van der Waals surface area contributed by atoms with Crippen LogP contribution in [0.4, 0.5) is 0 Å². The minimum absolute atomic E-state index is 0.152. The number of aryl methyl sites for hydroxylation is 1. The molecule has 3 aromatic heterocycles. The van der Waals surface area contributed by atoms with E-state index in [9.17, 15) is 0 Å². The standard InChI is InChI=1S/C21H20N4S/c1-14-8-11-26-19(14)12-25-10-7-18-20(24-13-23-18)21(25)16-4-2-6-17-15(16)5-3-9-22-17/h2-6,8-9,11,13,21H,7,10,12H2,1H3,(H,23,24). The smallest absolute Gasteiger partial charge is 0.0926 e. The number of benzene rings is 1. The van der Waals surface area contributed by atoms with Crippen LogP contribution in [0.25, 0.3) is 10.9 Å². The summed E-state index contributed by atoms with van der Waals surface area (Å²) in [6.45, 7) is 4.18. The lowest BCUT2D eigenvalue weighted by molar-refractivity contribution is 0.203. The van der Waals surface area contributed by atoms with E-state index in [0.717, 1.165) is 30.7 Å². The van der Waals surface area contributed by atoms with E-state index in [2.05, 4.69) is 57.5 Å². The molecule has 5 rings (SSSR count). The Morgan fingerprint density at radius 2 is 2.15 bits per heavy atom. The van der Waals surface area contributed by atoms with E-state index in [1.165, 1.54) is 27.1 Å². The summed E-state index contributed by atoms with van der Waals surface area (Å²) in [7, 11) is 0. The molecule has 0 aliphatic carbocycles. The predicted molar refractivity (Wildman–Crippen MR) is 105 cm³/mol. The zero-order valence-corrected chi connectivity index (χ0v) is 15.5. The van der Waals surface area contributed by atoms with Crippen molar-refractivity contribution in [3.63, 3.8) is 0 Å². The summed E-state index contributed by atoms with van der Waals surface area (Å²) in [5.41, 5.74) is 6.12. The number of aromatic amines is 1. The average molecular weight is 360 g/mol. The third-order valence-electron chi connectivity index (χ3n) is 5.31. The third-order valence-corrected chi connectivity index (χ3v) is 6.32. The van der Waals surface area contributed by atoms with Crippen molar-refractivity contribution in [2.24, 2.45) is 0 Å². The van der Waals surface area contributed by atoms with E-state index >= 15 is 0 Å². The van der Waals surface area contributed by atoms with Gasteiger partial charge in [0.05, 0.1) is 23.6 Å². The lowest BCUT2D eigenvalue weighted by Crippen LogP contribution is -2.35. The number of hydrogen-bond acceptors (Lipinski definition) is 4. The number of nitrogens with zero attached hydrogens (tertiary/aromatic N) is 3. The number of pyridine rings is 1. The van der Waals surface area contributed by atoms with E-state index < -0.39 is 0 Å². The summed E-state index contributed by atoms with van der Waals surface area (Å²) in [6, 6.07) is 13.0. The molecule has 4 aromatic rings. The lowest BCUT2D eigenvalue weighted by atomic mass is 9.92. The van der Waals surface area contributed by atoms with Gasteiger partial charge in [0.15, 0.2) is 0 Å². The van der Waals surface area contributed by atoms with E-state index in [1.807, 2.05) is 29.9 Å². The summed E-state index contributed by atoms with van der Waals surface area (Å²) in [5, 5.41) is 3.40. The van der Waals surface area contributed by atoms with Crippen LogP contribution >= 0.6 is 11.3 Å². The van der Waals surface area contributed by atoms with Crippen molar-refractivity contribution in [3.05, 3.63) is 81.7 Å². The van der Waals surface area contributed by atoms with Gasteiger partial charge in [-0.15, -0.1) is 11.3 Å². The summed E-state index contributed by atoms with van der Waals surface area (Å²) in [5.74, 6) is 0. The Morgan fingerprint density at radius 1 is 1.19 bits per heavy atom. The molecule has 1 atom stereocenters. The summed E-state index contributed by atoms with van der Waals surface area (Å²) >= 11 is 1.85. The second-order valence-electron chi connectivity index (χ2n) is 6.83. The number of H-pyrrole nitrogens is 1. The van der Waals surface area contributed by atoms with E-state index in [-0.39, 0.29) is 6.04 Å². The van der Waals surface area contributed by atoms with Gasteiger partial charge in [-0.25, -0.2) is 4.98 Å². The third kappa shape index (κ3) is 2.55. The first-order valence-corrected chi connectivity index (χ1v) is 9.82. The maximum absolute atomic E-state index is 4.71. The highest BCUT2D eigenvalue weighted by Crippen LogP contribution is 2.38. The second kappa shape index (κ2) is 6.34. The maximum atomic E-state index is 4.71. The molecule has 0 spiro atoms. The first-order valence-electron chi connectivity index (χ1n) is 8.94. The first kappa shape index (κ1) is 15.7. The summed E-state index contributed by atoms with van der Waals surface area (Å²) < 4.78 is 0. The molecule has 0 saturated carbocycles. The van der Waals surface area contributed by atoms with Crippen LogP contribution in [-0.2, 0) is 13.0 Å². The molecule has 26 heavy (non-hydrogen) atoms. The van der Waals surface area contributed by atoms with Gasteiger partial charge in [-0.05, 0) is 41.6 Å². The molecule has 0 saturated heterocycles. The van der Waals surface area contributed by atoms with Gasteiger partial charge >= 0.3 is 0 Å². The highest BCUT2D eigenvalue weighted by Gasteiger charge is 2.32. The van der Waals surface area contributed by atoms with Crippen molar-refractivity contribution in [2.45, 2.75) is 25.9 Å². The van der Waals surface area contributed by atoms with Crippen LogP contribution in [-0.4, -0.2) is 26.4 Å². The van der Waals surface area contributed by atoms with Gasteiger partial charge < -0.3 is 4.98 Å². The Balaban J connectivity index is 1.65. The zero-order valence-electron chi connectivity index (χ0n) is 14.6. The number of hydrogen-bond donors (Lipinski definition) is 1. The Morgan fingerprint density at radius 3 is 3.04 bits per heavy atom. The molecular formula is C21H20N4S. The Kier molecular flexibility index (Phi) is 3.84. The van der Waals surface area contributed by atoms with Gasteiger partial charge in [-0.3, -0.25) is 9.88 Å². The fourth-order valence-electron chi connectivity index (χ4n) is 3.96. The van der Waals surface area contributed by atoms with Crippen LogP contribution < -0.4 is 0 Å². The van der Waals surface area contributed by atoms with Crippen LogP contribution in [0.5, 0.6) is 0 Å². The molecule has 1 unspecified atom stereocenters. The second-order valence-corrected chi connectivity index (χ2v) is 7.83. The van der Waals surface area contributed by atoms with E-state index in [4.69, 9.17) is 4.98 Å². The van der Waals surface area contributed by atoms with E-state index in [0.29, 0.717) is 0 Å². The van der Waals surface area contributed by atoms with Crippen LogP contribution in [0, 0.1) is 6.92 Å². The highest BCUT2D eigenvalue weighted by atomic mass is 32.1. The van der Waals surface area contributed by atoms with Crippen LogP contribution in [0.2, 0.25) is 0 Å². The largest absolute Gasteiger partial charge is 0.348 e. The Labute approximate surface area is 156 Å². The van der Waals surface area contributed by atoms with Crippen LogP contribution in [0.1, 0.15) is 33.4 Å². The lowest BCUT2D eigenvalue weighted by Gasteiger charge is -2.35. The van der Waals surface area contributed by atoms with Gasteiger partial charge in [-0.2, -0.15) is 0 Å². The predicted octanol–water partition coefficient (Wildman–Crippen LogP) is 4.48. The number of aromatic nitrogens is 3. The van der Waals surface area contributed by atoms with Crippen molar-refractivity contribution < 1.29 is 0 Å². The number of rotatable bonds is 3. The summed E-state index contributed by atoms with van der Waals surface area (Å²) in [4.78, 5) is 16.6. The highest BCUT2D eigenvalue weighted by molar-refractivity contribution is 7.10. The molecule has 1 aromatic carbocycles. The average Bonchev–Trinajstić information content (AvgIpc) is 3.30. The number of fused-ring (bicyclic) bond motifs is 2. The molecular weight excluding hydrogens is 340 g/mol. The SMILES string of the molecule is Cc1ccsc1CN1CCc2[nH]cnc2C1c1cccc2ncccc12. The first-order chi connectivity index (χ1) is 12.8. The number of imidazole rings is 1. The minimum Gasteiger partial charge on any atom is -0.348 e. The molecule has 1 aliphatic rings. The fraction of sp³-hybridized carbons (Fsp3) is 0.238. The van der Waals surface area contributed by atoms with Crippen molar-refractivity contribution in [1.29, 1.82) is 0 Å². The number of nitrogens with one attached hydrogen (secondary N) is 1. The van der Waals surface area contributed by atoms with Crippen LogP contribution in [0.15, 0.2) is 54.3 Å². The van der Waals surface area contributed by atoms with Gasteiger partial charge in [0, 0.05) is 41.7 Å². The van der Waals surface area contributed by atoms with Crippen LogP contribution in [0.3, 0.4) is 0 Å². The minimum atomic E-state index is 0.152. The molecule has 130 valence electrons. The monoisotopic (exact) mass is 360 g/mol. The molecule has 5 heteroatoms. The van der Waals surface area contributed by atoms with E-state index in [1.54, 1.807) is 0 Å². The molecule has 1 aliphatic heterocycles. The van der Waals surface area contributed by atoms with Crippen molar-refractivity contribution >= 4 is 22.2 Å². The molecule has 1 N–H and O–H groups in total. The zero-order chi connectivity index (χ0) is 17.5. The molecule has 0 bridgehead atoms. The van der Waals surface area contributed by atoms with Crippen molar-refractivity contribution in [1.82, 2.24) is 19.9 Å². The molecule has 4 heterocycles. The van der Waals surface area contributed by atoms with Crippen molar-refractivity contribution in [2.75, 3.05) is 6.54 Å². The van der Waals surface area contributed by atoms with Gasteiger partial charge in [0.2, 0.25) is 0 Å². The molecule has 0 amide bonds. The molecule has 4 nitrogen and oxygen atoms in total. The normalized spacial score (nSPS) is 17.5. The topological polar surface area (TPSA) is 44.8 Å². The summed E-state index contributed by atoms with van der Waals surface area (Å²) in [6.07, 6.45) is 4.71. The fourth-order valence-corrected chi connectivity index (χ4v) is 4.89. The van der Waals surface area contributed by atoms with Crippen molar-refractivity contribution in [3.8, 4) is 0 Å². The quantitative estimate of drug-likeness (QED) is 0.586.